The smallest absolute Gasteiger partial charge is 0.258 e. The Balaban J connectivity index is 2.11. The highest BCUT2D eigenvalue weighted by Gasteiger charge is 2.11. The number of carbonyl (C=O) groups is 2. The van der Waals surface area contributed by atoms with E-state index >= 15 is 0 Å². The van der Waals surface area contributed by atoms with Crippen molar-refractivity contribution in [1.29, 1.82) is 0 Å². The van der Waals surface area contributed by atoms with Gasteiger partial charge in [0.15, 0.2) is 5.11 Å². The molecule has 0 aliphatic heterocycles. The molecule has 0 aliphatic rings. The fourth-order valence-corrected chi connectivity index (χ4v) is 2.69. The summed E-state index contributed by atoms with van der Waals surface area (Å²) in [6.07, 6.45) is 0. The zero-order valence-corrected chi connectivity index (χ0v) is 15.0. The van der Waals surface area contributed by atoms with E-state index in [4.69, 9.17) is 12.2 Å². The Bertz CT molecular complexity index is 793. The average molecular weight is 439 g/mol. The van der Waals surface area contributed by atoms with Crippen molar-refractivity contribution in [2.24, 2.45) is 0 Å². The first-order valence-corrected chi connectivity index (χ1v) is 8.06. The number of amides is 1. The highest BCUT2D eigenvalue weighted by atomic mass is 127. The van der Waals surface area contributed by atoms with Gasteiger partial charge in [-0.2, -0.15) is 0 Å². The van der Waals surface area contributed by atoms with E-state index in [0.29, 0.717) is 11.3 Å². The molecule has 2 N–H and O–H groups in total. The summed E-state index contributed by atoms with van der Waals surface area (Å²) in [5.41, 5.74) is 1.84. The molecule has 7 heteroatoms. The predicted octanol–water partition coefficient (Wildman–Crippen LogP) is 2.09. The molecule has 0 atom stereocenters. The van der Waals surface area contributed by atoms with Crippen molar-refractivity contribution >= 4 is 57.5 Å². The van der Waals surface area contributed by atoms with Crippen LogP contribution >= 0.6 is 34.8 Å². The summed E-state index contributed by atoms with van der Waals surface area (Å²) in [4.78, 5) is 23.1. The van der Waals surface area contributed by atoms with Gasteiger partial charge in [-0.15, -0.1) is 0 Å². The van der Waals surface area contributed by atoms with Crippen LogP contribution in [0.25, 0.3) is 0 Å². The summed E-state index contributed by atoms with van der Waals surface area (Å²) < 4.78 is 0.806. The quantitative estimate of drug-likeness (QED) is 0.566. The van der Waals surface area contributed by atoms with Gasteiger partial charge in [0.2, 0.25) is 0 Å². The van der Waals surface area contributed by atoms with E-state index in [1.165, 1.54) is 12.1 Å². The van der Waals surface area contributed by atoms with E-state index < -0.39 is 5.97 Å². The number of benzene rings is 2. The fourth-order valence-electron chi connectivity index (χ4n) is 1.85. The Hall–Kier alpha value is -2.00. The van der Waals surface area contributed by atoms with Crippen molar-refractivity contribution in [2.45, 2.75) is 6.92 Å². The first kappa shape index (κ1) is 17.4. The minimum atomic E-state index is -1.28. The van der Waals surface area contributed by atoms with Crippen molar-refractivity contribution in [3.8, 4) is 0 Å². The molecule has 1 amide bonds. The van der Waals surface area contributed by atoms with Crippen LogP contribution in [-0.4, -0.2) is 17.0 Å². The molecule has 0 saturated carbocycles. The molecular weight excluding hydrogens is 427 g/mol. The maximum absolute atomic E-state index is 12.2. The van der Waals surface area contributed by atoms with Gasteiger partial charge in [0.1, 0.15) is 0 Å². The van der Waals surface area contributed by atoms with Crippen LogP contribution in [0.3, 0.4) is 0 Å². The van der Waals surface area contributed by atoms with Gasteiger partial charge in [-0.1, -0.05) is 24.3 Å². The van der Waals surface area contributed by atoms with Gasteiger partial charge < -0.3 is 15.2 Å². The molecule has 2 aromatic rings. The second-order valence-corrected chi connectivity index (χ2v) is 6.28. The lowest BCUT2D eigenvalue weighted by molar-refractivity contribution is -0.255. The molecule has 0 bridgehead atoms. The lowest BCUT2D eigenvalue weighted by Crippen LogP contribution is -2.34. The number of rotatable bonds is 3. The molecule has 2 rings (SSSR count). The van der Waals surface area contributed by atoms with Crippen molar-refractivity contribution in [1.82, 2.24) is 5.32 Å². The summed E-state index contributed by atoms with van der Waals surface area (Å²) in [7, 11) is 0. The minimum Gasteiger partial charge on any atom is -0.545 e. The van der Waals surface area contributed by atoms with E-state index in [1.54, 1.807) is 25.1 Å². The Morgan fingerprint density at radius 2 is 1.87 bits per heavy atom. The molecule has 0 aromatic heterocycles. The normalized spacial score (nSPS) is 10.0. The second kappa shape index (κ2) is 7.51. The lowest BCUT2D eigenvalue weighted by Gasteiger charge is -2.14. The maximum atomic E-state index is 12.2. The lowest BCUT2D eigenvalue weighted by atomic mass is 10.1. The zero-order chi connectivity index (χ0) is 17.0. The molecule has 0 heterocycles. The summed E-state index contributed by atoms with van der Waals surface area (Å²) in [5.74, 6) is -1.61. The van der Waals surface area contributed by atoms with Crippen molar-refractivity contribution in [3.05, 3.63) is 62.7 Å². The number of aryl methyl sites for hydroxylation is 1. The van der Waals surface area contributed by atoms with Crippen LogP contribution in [0.15, 0.2) is 42.5 Å². The van der Waals surface area contributed by atoms with Crippen molar-refractivity contribution in [3.63, 3.8) is 0 Å². The summed E-state index contributed by atoms with van der Waals surface area (Å²) >= 11 is 7.18. The molecule has 0 aliphatic carbocycles. The zero-order valence-electron chi connectivity index (χ0n) is 12.1. The third-order valence-corrected chi connectivity index (χ3v) is 4.21. The van der Waals surface area contributed by atoms with Crippen LogP contribution < -0.4 is 15.7 Å². The van der Waals surface area contributed by atoms with Gasteiger partial charge in [-0.25, -0.2) is 0 Å². The molecule has 0 unspecified atom stereocenters. The Morgan fingerprint density at radius 3 is 2.52 bits per heavy atom. The second-order valence-electron chi connectivity index (χ2n) is 4.71. The van der Waals surface area contributed by atoms with Gasteiger partial charge in [-0.3, -0.25) is 10.1 Å². The van der Waals surface area contributed by atoms with Crippen LogP contribution in [-0.2, 0) is 0 Å². The van der Waals surface area contributed by atoms with Crippen LogP contribution in [0.2, 0.25) is 0 Å². The first-order valence-electron chi connectivity index (χ1n) is 6.57. The topological polar surface area (TPSA) is 81.3 Å². The highest BCUT2D eigenvalue weighted by molar-refractivity contribution is 14.1. The van der Waals surface area contributed by atoms with E-state index in [2.05, 4.69) is 33.2 Å². The molecule has 5 nitrogen and oxygen atoms in total. The molecule has 0 fully saturated rings. The molecule has 0 radical (unpaired) electrons. The van der Waals surface area contributed by atoms with Crippen LogP contribution in [0.4, 0.5) is 5.69 Å². The van der Waals surface area contributed by atoms with Crippen LogP contribution in [0.1, 0.15) is 26.3 Å². The van der Waals surface area contributed by atoms with Gasteiger partial charge in [-0.05, 0) is 71.1 Å². The monoisotopic (exact) mass is 439 g/mol. The minimum absolute atomic E-state index is 0.0323. The number of anilines is 1. The molecule has 2 aromatic carbocycles. The van der Waals surface area contributed by atoms with Gasteiger partial charge >= 0.3 is 0 Å². The average Bonchev–Trinajstić information content (AvgIpc) is 2.49. The van der Waals surface area contributed by atoms with E-state index in [0.717, 1.165) is 9.13 Å². The first-order chi connectivity index (χ1) is 10.9. The standard InChI is InChI=1S/C16H13IN2O3S/c1-9-6-7-10(15(21)22)8-13(9)18-16(23)19-14(20)11-4-2-3-5-12(11)17/h2-8H,1H3,(H,21,22)(H2,18,19,20,23)/p-1. The molecule has 118 valence electrons. The summed E-state index contributed by atoms with van der Waals surface area (Å²) in [6, 6.07) is 11.6. The van der Waals surface area contributed by atoms with Crippen LogP contribution in [0, 0.1) is 10.5 Å². The van der Waals surface area contributed by atoms with E-state index in [9.17, 15) is 14.7 Å². The number of thiocarbonyl (C=S) groups is 1. The molecular formula is C16H12IN2O3S-. The molecule has 0 saturated heterocycles. The number of hydrogen-bond donors (Lipinski definition) is 2. The van der Waals surface area contributed by atoms with Gasteiger partial charge in [0.05, 0.1) is 11.5 Å². The largest absolute Gasteiger partial charge is 0.545 e. The number of carboxylic acids is 1. The predicted molar refractivity (Wildman–Crippen MR) is 98.4 cm³/mol. The van der Waals surface area contributed by atoms with Crippen molar-refractivity contribution in [2.75, 3.05) is 5.32 Å². The summed E-state index contributed by atoms with van der Waals surface area (Å²) in [6.45, 7) is 1.80. The number of halogens is 1. The SMILES string of the molecule is Cc1ccc(C(=O)[O-])cc1NC(=S)NC(=O)c1ccccc1I. The molecule has 23 heavy (non-hydrogen) atoms. The molecule has 0 spiro atoms. The number of carbonyl (C=O) groups excluding carboxylic acids is 2. The Kier molecular flexibility index (Phi) is 5.67. The number of nitrogens with one attached hydrogen (secondary N) is 2. The Labute approximate surface area is 152 Å². The Morgan fingerprint density at radius 1 is 1.17 bits per heavy atom. The number of hydrogen-bond acceptors (Lipinski definition) is 4. The summed E-state index contributed by atoms with van der Waals surface area (Å²) in [5, 5.41) is 16.4. The fraction of sp³-hybridized carbons (Fsp3) is 0.0625. The van der Waals surface area contributed by atoms with Gasteiger partial charge in [0.25, 0.3) is 5.91 Å². The highest BCUT2D eigenvalue weighted by Crippen LogP contribution is 2.17. The number of carboxylic acid groups (broad SMARTS) is 1. The number of aromatic carboxylic acids is 1. The van der Waals surface area contributed by atoms with Crippen LogP contribution in [0.5, 0.6) is 0 Å². The third-order valence-electron chi connectivity index (χ3n) is 3.07. The van der Waals surface area contributed by atoms with Gasteiger partial charge in [0, 0.05) is 9.26 Å². The third kappa shape index (κ3) is 4.49. The van der Waals surface area contributed by atoms with Crippen molar-refractivity contribution < 1.29 is 14.7 Å². The maximum Gasteiger partial charge on any atom is 0.258 e. The van der Waals surface area contributed by atoms with E-state index in [-0.39, 0.29) is 16.6 Å². The van der Waals surface area contributed by atoms with E-state index in [1.807, 2.05) is 12.1 Å².